The molecule has 144 valence electrons. The van der Waals surface area contributed by atoms with E-state index in [9.17, 15) is 18.4 Å². The number of nitrogens with zero attached hydrogens (tertiary/aromatic N) is 2. The molecular formula is C18H20F2N4O3. The molecule has 2 fully saturated rings. The quantitative estimate of drug-likeness (QED) is 0.860. The molecule has 0 spiro atoms. The van der Waals surface area contributed by atoms with E-state index in [1.165, 1.54) is 4.90 Å². The van der Waals surface area contributed by atoms with Crippen LogP contribution in [0.2, 0.25) is 0 Å². The summed E-state index contributed by atoms with van der Waals surface area (Å²) in [5.74, 6) is -1.80. The van der Waals surface area contributed by atoms with Gasteiger partial charge in [0.2, 0.25) is 0 Å². The van der Waals surface area contributed by atoms with Gasteiger partial charge in [0.15, 0.2) is 11.6 Å². The van der Waals surface area contributed by atoms with Gasteiger partial charge in [-0.25, -0.2) is 18.4 Å². The number of halogens is 2. The first kappa shape index (κ1) is 17.6. The van der Waals surface area contributed by atoms with E-state index in [2.05, 4.69) is 10.3 Å². The Balaban J connectivity index is 1.39. The highest BCUT2D eigenvalue weighted by atomic mass is 19.2. The minimum atomic E-state index is -0.901. The maximum Gasteiger partial charge on any atom is 0.410 e. The van der Waals surface area contributed by atoms with Crippen LogP contribution in [0, 0.1) is 11.6 Å². The number of hydrogen-bond acceptors (Lipinski definition) is 3. The van der Waals surface area contributed by atoms with Crippen LogP contribution in [0.15, 0.2) is 18.3 Å². The predicted octanol–water partition coefficient (Wildman–Crippen LogP) is 2.22. The van der Waals surface area contributed by atoms with Gasteiger partial charge in [0, 0.05) is 42.8 Å². The van der Waals surface area contributed by atoms with E-state index in [-0.39, 0.29) is 30.3 Å². The minimum absolute atomic E-state index is 0.120. The van der Waals surface area contributed by atoms with Crippen molar-refractivity contribution in [2.45, 2.75) is 31.5 Å². The van der Waals surface area contributed by atoms with E-state index in [0.29, 0.717) is 30.4 Å². The second-order valence-corrected chi connectivity index (χ2v) is 7.19. The van der Waals surface area contributed by atoms with E-state index >= 15 is 0 Å². The van der Waals surface area contributed by atoms with Crippen LogP contribution in [0.5, 0.6) is 0 Å². The highest BCUT2D eigenvalue weighted by molar-refractivity contribution is 5.83. The van der Waals surface area contributed by atoms with Crippen molar-refractivity contribution in [3.8, 4) is 0 Å². The number of benzene rings is 1. The Kier molecular flexibility index (Phi) is 4.16. The summed E-state index contributed by atoms with van der Waals surface area (Å²) in [6.07, 6.45) is 1.50. The summed E-state index contributed by atoms with van der Waals surface area (Å²) in [5, 5.41) is 3.51. The zero-order valence-corrected chi connectivity index (χ0v) is 15.0. The van der Waals surface area contributed by atoms with Gasteiger partial charge in [-0.2, -0.15) is 0 Å². The Morgan fingerprint density at radius 2 is 2.11 bits per heavy atom. The van der Waals surface area contributed by atoms with Gasteiger partial charge in [-0.05, 0) is 25.0 Å². The second-order valence-electron chi connectivity index (χ2n) is 7.19. The van der Waals surface area contributed by atoms with Gasteiger partial charge in [-0.1, -0.05) is 0 Å². The fraction of sp³-hybridized carbons (Fsp3) is 0.444. The zero-order chi connectivity index (χ0) is 19.3. The minimum Gasteiger partial charge on any atom is -0.442 e. The lowest BCUT2D eigenvalue weighted by Gasteiger charge is -2.22. The number of carbonyl (C=O) groups is 2. The molecule has 1 unspecified atom stereocenters. The standard InChI is InChI=1S/C18H20F2N4O3/c1-9(3-10-6-21-14-5-13(20)12(19)4-11(10)14)22-17(25)24-7-15-16(8-24)27-18(26)23(15)2/h4-6,9,15-16,21H,3,7-8H2,1-2H3,(H,22,25)/t9?,15-,16+/m1/s1. The fourth-order valence-electron chi connectivity index (χ4n) is 3.78. The summed E-state index contributed by atoms with van der Waals surface area (Å²) in [6.45, 7) is 2.62. The number of likely N-dealkylation sites (tertiary alicyclic amines) is 1. The van der Waals surface area contributed by atoms with Gasteiger partial charge in [0.25, 0.3) is 0 Å². The maximum atomic E-state index is 13.5. The number of amides is 3. The molecule has 3 heterocycles. The lowest BCUT2D eigenvalue weighted by molar-refractivity contribution is 0.125. The van der Waals surface area contributed by atoms with Crippen LogP contribution >= 0.6 is 0 Å². The third-order valence-electron chi connectivity index (χ3n) is 5.27. The molecule has 2 N–H and O–H groups in total. The Labute approximate surface area is 154 Å². The monoisotopic (exact) mass is 378 g/mol. The molecule has 2 aromatic rings. The molecule has 0 aliphatic carbocycles. The van der Waals surface area contributed by atoms with Gasteiger partial charge >= 0.3 is 12.1 Å². The van der Waals surface area contributed by atoms with Crippen LogP contribution in [0.3, 0.4) is 0 Å². The average molecular weight is 378 g/mol. The van der Waals surface area contributed by atoms with Crippen molar-refractivity contribution < 1.29 is 23.1 Å². The molecule has 27 heavy (non-hydrogen) atoms. The van der Waals surface area contributed by atoms with Crippen molar-refractivity contribution in [1.29, 1.82) is 0 Å². The molecule has 2 aliphatic rings. The van der Waals surface area contributed by atoms with Gasteiger partial charge in [0.1, 0.15) is 6.10 Å². The van der Waals surface area contributed by atoms with E-state index in [1.54, 1.807) is 18.1 Å². The summed E-state index contributed by atoms with van der Waals surface area (Å²) < 4.78 is 32.1. The number of rotatable bonds is 3. The largest absolute Gasteiger partial charge is 0.442 e. The summed E-state index contributed by atoms with van der Waals surface area (Å²) in [4.78, 5) is 30.1. The Bertz CT molecular complexity index is 915. The number of fused-ring (bicyclic) bond motifs is 2. The molecule has 3 atom stereocenters. The van der Waals surface area contributed by atoms with Crippen LogP contribution < -0.4 is 5.32 Å². The zero-order valence-electron chi connectivity index (χ0n) is 15.0. The topological polar surface area (TPSA) is 77.7 Å². The average Bonchev–Trinajstić information content (AvgIpc) is 3.26. The Hall–Kier alpha value is -2.84. The predicted molar refractivity (Wildman–Crippen MR) is 93.3 cm³/mol. The summed E-state index contributed by atoms with van der Waals surface area (Å²) in [5.41, 5.74) is 1.31. The number of nitrogens with one attached hydrogen (secondary N) is 2. The molecule has 1 aromatic carbocycles. The number of aromatic nitrogens is 1. The molecule has 4 rings (SSSR count). The first-order valence-electron chi connectivity index (χ1n) is 8.77. The van der Waals surface area contributed by atoms with Crippen LogP contribution in [0.1, 0.15) is 12.5 Å². The Morgan fingerprint density at radius 1 is 1.37 bits per heavy atom. The number of carbonyl (C=O) groups excluding carboxylic acids is 2. The lowest BCUT2D eigenvalue weighted by atomic mass is 10.1. The third kappa shape index (κ3) is 3.07. The van der Waals surface area contributed by atoms with Crippen LogP contribution in [0.25, 0.3) is 10.9 Å². The highest BCUT2D eigenvalue weighted by Crippen LogP contribution is 2.26. The number of ether oxygens (including phenoxy) is 1. The van der Waals surface area contributed by atoms with Crippen LogP contribution in [-0.4, -0.2) is 65.2 Å². The molecule has 1 aromatic heterocycles. The van der Waals surface area contributed by atoms with E-state index < -0.39 is 11.6 Å². The molecule has 0 radical (unpaired) electrons. The molecular weight excluding hydrogens is 358 g/mol. The lowest BCUT2D eigenvalue weighted by Crippen LogP contribution is -2.45. The molecule has 3 amide bonds. The van der Waals surface area contributed by atoms with Crippen LogP contribution in [0.4, 0.5) is 18.4 Å². The third-order valence-corrected chi connectivity index (χ3v) is 5.27. The van der Waals surface area contributed by atoms with Crippen molar-refractivity contribution in [2.24, 2.45) is 0 Å². The molecule has 2 saturated heterocycles. The van der Waals surface area contributed by atoms with E-state index in [4.69, 9.17) is 4.74 Å². The van der Waals surface area contributed by atoms with Crippen molar-refractivity contribution in [3.63, 3.8) is 0 Å². The molecule has 0 saturated carbocycles. The highest BCUT2D eigenvalue weighted by Gasteiger charge is 2.47. The molecule has 0 bridgehead atoms. The SMILES string of the molecule is CC(Cc1c[nH]c2cc(F)c(F)cc12)NC(=O)N1C[C@@H]2OC(=O)N(C)[C@@H]2C1. The van der Waals surface area contributed by atoms with Crippen molar-refractivity contribution in [1.82, 2.24) is 20.1 Å². The molecule has 7 nitrogen and oxygen atoms in total. The van der Waals surface area contributed by atoms with Crippen molar-refractivity contribution in [3.05, 3.63) is 35.5 Å². The van der Waals surface area contributed by atoms with Gasteiger partial charge in [0.05, 0.1) is 12.6 Å². The number of hydrogen-bond donors (Lipinski definition) is 2. The van der Waals surface area contributed by atoms with Crippen LogP contribution in [-0.2, 0) is 11.2 Å². The first-order chi connectivity index (χ1) is 12.8. The number of likely N-dealkylation sites (N-methyl/N-ethyl adjacent to an activating group) is 1. The second kappa shape index (κ2) is 6.40. The van der Waals surface area contributed by atoms with E-state index in [1.807, 2.05) is 6.92 Å². The van der Waals surface area contributed by atoms with Crippen molar-refractivity contribution >= 4 is 23.0 Å². The fourth-order valence-corrected chi connectivity index (χ4v) is 3.78. The van der Waals surface area contributed by atoms with Gasteiger partial charge in [-0.15, -0.1) is 0 Å². The van der Waals surface area contributed by atoms with Gasteiger partial charge in [-0.3, -0.25) is 0 Å². The maximum absolute atomic E-state index is 13.5. The number of H-pyrrole nitrogens is 1. The molecule has 9 heteroatoms. The summed E-state index contributed by atoms with van der Waals surface area (Å²) in [6, 6.07) is 1.71. The van der Waals surface area contributed by atoms with Gasteiger partial charge < -0.3 is 24.8 Å². The first-order valence-corrected chi connectivity index (χ1v) is 8.77. The number of aromatic amines is 1. The van der Waals surface area contributed by atoms with Crippen molar-refractivity contribution in [2.75, 3.05) is 20.1 Å². The normalized spacial score (nSPS) is 22.9. The summed E-state index contributed by atoms with van der Waals surface area (Å²) >= 11 is 0. The molecule has 2 aliphatic heterocycles. The summed E-state index contributed by atoms with van der Waals surface area (Å²) in [7, 11) is 1.66. The Morgan fingerprint density at radius 3 is 2.85 bits per heavy atom. The van der Waals surface area contributed by atoms with E-state index in [0.717, 1.165) is 17.7 Å². The smallest absolute Gasteiger partial charge is 0.410 e. The number of urea groups is 1.